The van der Waals surface area contributed by atoms with Crippen LogP contribution in [0.1, 0.15) is 5.56 Å². The van der Waals surface area contributed by atoms with E-state index in [1.165, 1.54) is 10.6 Å². The number of imidazole rings is 1. The Morgan fingerprint density at radius 1 is 1.21 bits per heavy atom. The maximum absolute atomic E-state index is 12.3. The lowest BCUT2D eigenvalue weighted by molar-refractivity contribution is -0.116. The van der Waals surface area contributed by atoms with Gasteiger partial charge in [-0.15, -0.1) is 0 Å². The lowest BCUT2D eigenvalue weighted by atomic mass is 10.1. The van der Waals surface area contributed by atoms with Gasteiger partial charge in [0.1, 0.15) is 18.1 Å². The second-order valence-electron chi connectivity index (χ2n) is 5.64. The predicted molar refractivity (Wildman–Crippen MR) is 92.7 cm³/mol. The van der Waals surface area contributed by atoms with Gasteiger partial charge in [-0.25, -0.2) is 4.98 Å². The molecule has 24 heavy (non-hydrogen) atoms. The fourth-order valence-corrected chi connectivity index (χ4v) is 2.45. The molecule has 0 aliphatic heterocycles. The molecule has 0 unspecified atom stereocenters. The van der Waals surface area contributed by atoms with Crippen LogP contribution in [0.25, 0.3) is 11.3 Å². The van der Waals surface area contributed by atoms with Gasteiger partial charge >= 0.3 is 0 Å². The van der Waals surface area contributed by atoms with Gasteiger partial charge in [0.25, 0.3) is 5.56 Å². The molecule has 0 aliphatic rings. The van der Waals surface area contributed by atoms with E-state index in [-0.39, 0.29) is 18.0 Å². The molecule has 3 aromatic rings. The van der Waals surface area contributed by atoms with Gasteiger partial charge in [0, 0.05) is 24.9 Å². The average molecular weight is 322 g/mol. The van der Waals surface area contributed by atoms with Crippen LogP contribution in [0.5, 0.6) is 0 Å². The third-order valence-electron chi connectivity index (χ3n) is 3.71. The van der Waals surface area contributed by atoms with Crippen LogP contribution in [0.15, 0.2) is 59.8 Å². The molecule has 0 atom stereocenters. The molecule has 0 bridgehead atoms. The molecular weight excluding hydrogens is 304 g/mol. The monoisotopic (exact) mass is 322 g/mol. The van der Waals surface area contributed by atoms with Crippen LogP contribution >= 0.6 is 0 Å². The summed E-state index contributed by atoms with van der Waals surface area (Å²) < 4.78 is 3.12. The number of benzene rings is 1. The summed E-state index contributed by atoms with van der Waals surface area (Å²) in [5.41, 5.74) is 2.29. The van der Waals surface area contributed by atoms with Crippen LogP contribution in [0.3, 0.4) is 0 Å². The van der Waals surface area contributed by atoms with E-state index in [4.69, 9.17) is 0 Å². The maximum Gasteiger partial charge on any atom is 0.251 e. The normalized spacial score (nSPS) is 10.6. The first-order valence-electron chi connectivity index (χ1n) is 7.58. The number of pyridine rings is 1. The Labute approximate surface area is 139 Å². The third-order valence-corrected chi connectivity index (χ3v) is 3.71. The number of amides is 1. The van der Waals surface area contributed by atoms with Crippen LogP contribution in [0.2, 0.25) is 0 Å². The minimum Gasteiger partial charge on any atom is -0.320 e. The smallest absolute Gasteiger partial charge is 0.251 e. The van der Waals surface area contributed by atoms with Crippen LogP contribution in [-0.4, -0.2) is 20.0 Å². The highest BCUT2D eigenvalue weighted by atomic mass is 16.2. The number of aryl methyl sites for hydroxylation is 2. The Morgan fingerprint density at radius 3 is 2.67 bits per heavy atom. The van der Waals surface area contributed by atoms with Crippen molar-refractivity contribution in [2.24, 2.45) is 7.05 Å². The van der Waals surface area contributed by atoms with Gasteiger partial charge in [-0.1, -0.05) is 30.3 Å². The molecule has 0 aliphatic carbocycles. The second-order valence-corrected chi connectivity index (χ2v) is 5.64. The zero-order valence-corrected chi connectivity index (χ0v) is 13.6. The lowest BCUT2D eigenvalue weighted by Gasteiger charge is -2.10. The average Bonchev–Trinajstić information content (AvgIpc) is 2.92. The number of nitrogens with one attached hydrogen (secondary N) is 1. The summed E-state index contributed by atoms with van der Waals surface area (Å²) >= 11 is 0. The summed E-state index contributed by atoms with van der Waals surface area (Å²) in [7, 11) is 1.81. The number of carbonyl (C=O) groups excluding carboxylic acids is 1. The highest BCUT2D eigenvalue weighted by molar-refractivity contribution is 5.93. The molecule has 3 rings (SSSR count). The summed E-state index contributed by atoms with van der Waals surface area (Å²) in [5, 5.41) is 2.85. The molecule has 6 heteroatoms. The Morgan fingerprint density at radius 2 is 1.96 bits per heavy atom. The van der Waals surface area contributed by atoms with E-state index < -0.39 is 0 Å². The largest absolute Gasteiger partial charge is 0.320 e. The summed E-state index contributed by atoms with van der Waals surface area (Å²) in [4.78, 5) is 28.6. The molecule has 0 spiro atoms. The summed E-state index contributed by atoms with van der Waals surface area (Å²) in [6.45, 7) is 1.80. The Kier molecular flexibility index (Phi) is 4.29. The number of anilines is 1. The summed E-state index contributed by atoms with van der Waals surface area (Å²) in [5.74, 6) is 0.327. The van der Waals surface area contributed by atoms with Gasteiger partial charge < -0.3 is 14.5 Å². The van der Waals surface area contributed by atoms with Crippen LogP contribution in [0.4, 0.5) is 5.82 Å². The zero-order valence-electron chi connectivity index (χ0n) is 13.6. The minimum atomic E-state index is -0.276. The highest BCUT2D eigenvalue weighted by Gasteiger charge is 2.14. The van der Waals surface area contributed by atoms with Crippen molar-refractivity contribution in [1.82, 2.24) is 14.1 Å². The molecule has 122 valence electrons. The predicted octanol–water partition coefficient (Wildman–Crippen LogP) is 2.20. The van der Waals surface area contributed by atoms with E-state index in [9.17, 15) is 9.59 Å². The first kappa shape index (κ1) is 15.7. The molecule has 2 heterocycles. The van der Waals surface area contributed by atoms with Gasteiger partial charge in [-0.05, 0) is 18.6 Å². The van der Waals surface area contributed by atoms with E-state index in [2.05, 4.69) is 10.3 Å². The van der Waals surface area contributed by atoms with Crippen molar-refractivity contribution in [2.45, 2.75) is 13.5 Å². The second kappa shape index (κ2) is 6.54. The number of rotatable bonds is 4. The van der Waals surface area contributed by atoms with Crippen molar-refractivity contribution >= 4 is 11.7 Å². The third kappa shape index (κ3) is 3.27. The highest BCUT2D eigenvalue weighted by Crippen LogP contribution is 2.25. The Balaban J connectivity index is 1.82. The fourth-order valence-electron chi connectivity index (χ4n) is 2.45. The van der Waals surface area contributed by atoms with Crippen molar-refractivity contribution in [3.63, 3.8) is 0 Å². The molecule has 6 nitrogen and oxygen atoms in total. The summed E-state index contributed by atoms with van der Waals surface area (Å²) in [6, 6.07) is 12.9. The van der Waals surface area contributed by atoms with Gasteiger partial charge in [0.05, 0.1) is 6.33 Å². The van der Waals surface area contributed by atoms with E-state index >= 15 is 0 Å². The minimum absolute atomic E-state index is 0.0431. The number of hydrogen-bond acceptors (Lipinski definition) is 3. The molecule has 0 saturated carbocycles. The molecule has 0 fully saturated rings. The van der Waals surface area contributed by atoms with E-state index in [1.807, 2.05) is 44.3 Å². The van der Waals surface area contributed by atoms with Gasteiger partial charge in [-0.2, -0.15) is 0 Å². The number of aromatic nitrogens is 3. The first-order chi connectivity index (χ1) is 11.5. The van der Waals surface area contributed by atoms with Gasteiger partial charge in [0.2, 0.25) is 5.91 Å². The Bertz CT molecular complexity index is 926. The van der Waals surface area contributed by atoms with Crippen molar-refractivity contribution in [2.75, 3.05) is 5.32 Å². The maximum atomic E-state index is 12.3. The van der Waals surface area contributed by atoms with Crippen molar-refractivity contribution in [3.8, 4) is 11.3 Å². The van der Waals surface area contributed by atoms with Crippen molar-refractivity contribution in [1.29, 1.82) is 0 Å². The summed E-state index contributed by atoms with van der Waals surface area (Å²) in [6.07, 6.45) is 3.27. The molecule has 0 radical (unpaired) electrons. The lowest BCUT2D eigenvalue weighted by Crippen LogP contribution is -2.27. The SMILES string of the molecule is Cc1ccn(CC(=O)Nc2c(-c3ccccc3)ncn2C)c(=O)c1. The first-order valence-corrected chi connectivity index (χ1v) is 7.58. The Hall–Kier alpha value is -3.15. The molecular formula is C18H18N4O2. The van der Waals surface area contributed by atoms with Gasteiger partial charge in [-0.3, -0.25) is 9.59 Å². The van der Waals surface area contributed by atoms with E-state index in [1.54, 1.807) is 23.2 Å². The quantitative estimate of drug-likeness (QED) is 0.800. The van der Waals surface area contributed by atoms with Gasteiger partial charge in [0.15, 0.2) is 0 Å². The molecule has 1 amide bonds. The van der Waals surface area contributed by atoms with Crippen LogP contribution in [0, 0.1) is 6.92 Å². The van der Waals surface area contributed by atoms with Crippen LogP contribution in [-0.2, 0) is 18.4 Å². The number of nitrogens with zero attached hydrogens (tertiary/aromatic N) is 3. The molecule has 1 aromatic carbocycles. The fraction of sp³-hybridized carbons (Fsp3) is 0.167. The molecule has 2 aromatic heterocycles. The number of hydrogen-bond donors (Lipinski definition) is 1. The molecule has 0 saturated heterocycles. The zero-order chi connectivity index (χ0) is 17.1. The van der Waals surface area contributed by atoms with Crippen molar-refractivity contribution in [3.05, 3.63) is 70.9 Å². The van der Waals surface area contributed by atoms with E-state index in [0.717, 1.165) is 11.1 Å². The number of carbonyl (C=O) groups is 1. The van der Waals surface area contributed by atoms with Crippen molar-refractivity contribution < 1.29 is 4.79 Å². The topological polar surface area (TPSA) is 68.9 Å². The molecule has 1 N–H and O–H groups in total. The van der Waals surface area contributed by atoms with E-state index in [0.29, 0.717) is 11.5 Å². The standard InChI is InChI=1S/C18H18N4O2/c1-13-8-9-22(16(24)10-13)11-15(23)20-18-17(19-12-21(18)2)14-6-4-3-5-7-14/h3-10,12H,11H2,1-2H3,(H,20,23). The van der Waals surface area contributed by atoms with Crippen LogP contribution < -0.4 is 10.9 Å².